The Morgan fingerprint density at radius 2 is 2.35 bits per heavy atom. The molecule has 1 aromatic carbocycles. The summed E-state index contributed by atoms with van der Waals surface area (Å²) in [6.07, 6.45) is 1.60. The lowest BCUT2D eigenvalue weighted by Crippen LogP contribution is -2.14. The Morgan fingerprint density at radius 3 is 2.94 bits per heavy atom. The van der Waals surface area contributed by atoms with Gasteiger partial charge in [0, 0.05) is 5.69 Å². The minimum absolute atomic E-state index is 0.0161. The molecule has 0 bridgehead atoms. The molecule has 5 heteroatoms. The molecular weight excluding hydrogens is 256 g/mol. The Bertz CT molecular complexity index is 501. The number of thiazole rings is 1. The number of hydrogen-bond acceptors (Lipinski definition) is 4. The highest BCUT2D eigenvalue weighted by molar-refractivity contribution is 7.15. The SMILES string of the molecule is Cc1cccc(NC(CO)c2ncc(Cl)s2)c1. The number of hydrogen-bond donors (Lipinski definition) is 2. The summed E-state index contributed by atoms with van der Waals surface area (Å²) in [4.78, 5) is 4.17. The van der Waals surface area contributed by atoms with Gasteiger partial charge in [0.1, 0.15) is 15.4 Å². The smallest absolute Gasteiger partial charge is 0.119 e. The average molecular weight is 269 g/mol. The van der Waals surface area contributed by atoms with E-state index in [0.29, 0.717) is 4.34 Å². The Labute approximate surface area is 109 Å². The largest absolute Gasteiger partial charge is 0.394 e. The normalized spacial score (nSPS) is 12.4. The molecule has 0 aliphatic rings. The minimum atomic E-state index is -0.214. The molecule has 0 saturated carbocycles. The second kappa shape index (κ2) is 5.49. The van der Waals surface area contributed by atoms with Crippen molar-refractivity contribution < 1.29 is 5.11 Å². The maximum atomic E-state index is 9.38. The Morgan fingerprint density at radius 1 is 1.53 bits per heavy atom. The molecule has 0 saturated heterocycles. The third kappa shape index (κ3) is 3.19. The Balaban J connectivity index is 2.15. The van der Waals surface area contributed by atoms with E-state index in [0.717, 1.165) is 10.7 Å². The maximum Gasteiger partial charge on any atom is 0.119 e. The quantitative estimate of drug-likeness (QED) is 0.895. The van der Waals surface area contributed by atoms with Crippen molar-refractivity contribution in [2.45, 2.75) is 13.0 Å². The molecular formula is C12H13ClN2OS. The molecule has 1 unspecified atom stereocenters. The average Bonchev–Trinajstić information content (AvgIpc) is 2.73. The fourth-order valence-corrected chi connectivity index (χ4v) is 2.52. The third-order valence-electron chi connectivity index (χ3n) is 2.34. The summed E-state index contributed by atoms with van der Waals surface area (Å²) in [7, 11) is 0. The summed E-state index contributed by atoms with van der Waals surface area (Å²) in [6.45, 7) is 2.01. The Kier molecular flexibility index (Phi) is 3.99. The fourth-order valence-electron chi connectivity index (χ4n) is 1.55. The molecule has 0 radical (unpaired) electrons. The molecule has 0 fully saturated rings. The highest BCUT2D eigenvalue weighted by atomic mass is 35.5. The Hall–Kier alpha value is -1.10. The summed E-state index contributed by atoms with van der Waals surface area (Å²) in [5, 5.41) is 13.4. The van der Waals surface area contributed by atoms with E-state index in [1.54, 1.807) is 6.20 Å². The highest BCUT2D eigenvalue weighted by Gasteiger charge is 2.14. The number of nitrogens with one attached hydrogen (secondary N) is 1. The number of aromatic nitrogens is 1. The zero-order valence-electron chi connectivity index (χ0n) is 9.35. The molecule has 0 spiro atoms. The van der Waals surface area contributed by atoms with Crippen LogP contribution in [-0.4, -0.2) is 16.7 Å². The van der Waals surface area contributed by atoms with Crippen LogP contribution in [0, 0.1) is 6.92 Å². The first-order valence-electron chi connectivity index (χ1n) is 5.24. The lowest BCUT2D eigenvalue weighted by molar-refractivity contribution is 0.276. The van der Waals surface area contributed by atoms with Crippen molar-refractivity contribution in [2.75, 3.05) is 11.9 Å². The van der Waals surface area contributed by atoms with Gasteiger partial charge in [-0.15, -0.1) is 11.3 Å². The standard InChI is InChI=1S/C12H13ClN2OS/c1-8-3-2-4-9(5-8)15-10(7-16)12-14-6-11(13)17-12/h2-6,10,15-16H,7H2,1H3. The van der Waals surface area contributed by atoms with E-state index >= 15 is 0 Å². The van der Waals surface area contributed by atoms with Gasteiger partial charge < -0.3 is 10.4 Å². The summed E-state index contributed by atoms with van der Waals surface area (Å²) in [6, 6.07) is 7.78. The lowest BCUT2D eigenvalue weighted by atomic mass is 10.2. The van der Waals surface area contributed by atoms with E-state index in [1.165, 1.54) is 16.9 Å². The van der Waals surface area contributed by atoms with Crippen molar-refractivity contribution in [2.24, 2.45) is 0 Å². The summed E-state index contributed by atoms with van der Waals surface area (Å²) < 4.78 is 0.629. The van der Waals surface area contributed by atoms with Crippen LogP contribution < -0.4 is 5.32 Å². The predicted molar refractivity (Wildman–Crippen MR) is 71.8 cm³/mol. The molecule has 90 valence electrons. The first-order valence-corrected chi connectivity index (χ1v) is 6.44. The van der Waals surface area contributed by atoms with Crippen LogP contribution in [0.3, 0.4) is 0 Å². The van der Waals surface area contributed by atoms with E-state index in [1.807, 2.05) is 31.2 Å². The van der Waals surface area contributed by atoms with Crippen LogP contribution in [-0.2, 0) is 0 Å². The van der Waals surface area contributed by atoms with Crippen LogP contribution in [0.1, 0.15) is 16.6 Å². The topological polar surface area (TPSA) is 45.1 Å². The molecule has 0 amide bonds. The maximum absolute atomic E-state index is 9.38. The van der Waals surface area contributed by atoms with Gasteiger partial charge in [-0.05, 0) is 24.6 Å². The van der Waals surface area contributed by atoms with Crippen molar-refractivity contribution in [3.8, 4) is 0 Å². The summed E-state index contributed by atoms with van der Waals surface area (Å²) in [5.74, 6) is 0. The van der Waals surface area contributed by atoms with Gasteiger partial charge in [-0.1, -0.05) is 23.7 Å². The third-order valence-corrected chi connectivity index (χ3v) is 3.56. The van der Waals surface area contributed by atoms with Crippen molar-refractivity contribution >= 4 is 28.6 Å². The van der Waals surface area contributed by atoms with Gasteiger partial charge in [0.2, 0.25) is 0 Å². The van der Waals surface area contributed by atoms with Crippen LogP contribution in [0.25, 0.3) is 0 Å². The zero-order valence-corrected chi connectivity index (χ0v) is 10.9. The number of anilines is 1. The van der Waals surface area contributed by atoms with Gasteiger partial charge in [-0.25, -0.2) is 4.98 Å². The molecule has 0 aliphatic carbocycles. The van der Waals surface area contributed by atoms with Gasteiger partial charge in [0.25, 0.3) is 0 Å². The fraction of sp³-hybridized carbons (Fsp3) is 0.250. The van der Waals surface area contributed by atoms with E-state index in [4.69, 9.17) is 11.6 Å². The van der Waals surface area contributed by atoms with E-state index in [-0.39, 0.29) is 12.6 Å². The van der Waals surface area contributed by atoms with E-state index in [9.17, 15) is 5.11 Å². The second-order valence-corrected chi connectivity index (χ2v) is 5.45. The molecule has 0 aliphatic heterocycles. The van der Waals surface area contributed by atoms with Gasteiger partial charge in [0.05, 0.1) is 12.8 Å². The van der Waals surface area contributed by atoms with Crippen LogP contribution in [0.2, 0.25) is 4.34 Å². The number of aliphatic hydroxyl groups is 1. The monoisotopic (exact) mass is 268 g/mol. The molecule has 1 heterocycles. The second-order valence-electron chi connectivity index (χ2n) is 3.75. The van der Waals surface area contributed by atoms with Crippen LogP contribution >= 0.6 is 22.9 Å². The first kappa shape index (κ1) is 12.4. The van der Waals surface area contributed by atoms with Crippen molar-refractivity contribution in [3.63, 3.8) is 0 Å². The van der Waals surface area contributed by atoms with Crippen LogP contribution in [0.4, 0.5) is 5.69 Å². The number of halogens is 1. The van der Waals surface area contributed by atoms with Gasteiger partial charge in [-0.2, -0.15) is 0 Å². The number of rotatable bonds is 4. The number of nitrogens with zero attached hydrogens (tertiary/aromatic N) is 1. The van der Waals surface area contributed by atoms with Gasteiger partial charge >= 0.3 is 0 Å². The number of benzene rings is 1. The molecule has 2 N–H and O–H groups in total. The van der Waals surface area contributed by atoms with Crippen LogP contribution in [0.5, 0.6) is 0 Å². The van der Waals surface area contributed by atoms with E-state index < -0.39 is 0 Å². The molecule has 2 aromatic rings. The predicted octanol–water partition coefficient (Wildman–Crippen LogP) is 3.25. The molecule has 1 atom stereocenters. The molecule has 1 aromatic heterocycles. The highest BCUT2D eigenvalue weighted by Crippen LogP contribution is 2.26. The van der Waals surface area contributed by atoms with Crippen molar-refractivity contribution in [3.05, 3.63) is 45.4 Å². The summed E-state index contributed by atoms with van der Waals surface area (Å²) >= 11 is 7.21. The van der Waals surface area contributed by atoms with Gasteiger partial charge in [-0.3, -0.25) is 0 Å². The van der Waals surface area contributed by atoms with Crippen LogP contribution in [0.15, 0.2) is 30.5 Å². The first-order chi connectivity index (χ1) is 8.19. The number of aliphatic hydroxyl groups excluding tert-OH is 1. The zero-order chi connectivity index (χ0) is 12.3. The molecule has 3 nitrogen and oxygen atoms in total. The molecule has 2 rings (SSSR count). The lowest BCUT2D eigenvalue weighted by Gasteiger charge is -2.15. The summed E-state index contributed by atoms with van der Waals surface area (Å²) in [5.41, 5.74) is 2.14. The minimum Gasteiger partial charge on any atom is -0.394 e. The van der Waals surface area contributed by atoms with Gasteiger partial charge in [0.15, 0.2) is 0 Å². The van der Waals surface area contributed by atoms with Crippen molar-refractivity contribution in [1.82, 2.24) is 4.98 Å². The molecule has 17 heavy (non-hydrogen) atoms. The number of aryl methyl sites for hydroxylation is 1. The van der Waals surface area contributed by atoms with E-state index in [2.05, 4.69) is 10.3 Å². The van der Waals surface area contributed by atoms with Crippen molar-refractivity contribution in [1.29, 1.82) is 0 Å².